The topological polar surface area (TPSA) is 30.8 Å². The molecule has 1 unspecified atom stereocenters. The monoisotopic (exact) mass is 273 g/mol. The van der Waals surface area contributed by atoms with Crippen molar-refractivity contribution in [2.45, 2.75) is 25.6 Å². The van der Waals surface area contributed by atoms with E-state index in [-0.39, 0.29) is 6.29 Å². The number of rotatable bonds is 3. The molecule has 0 radical (unpaired) electrons. The molecule has 0 bridgehead atoms. The van der Waals surface area contributed by atoms with Gasteiger partial charge in [-0.15, -0.1) is 0 Å². The van der Waals surface area contributed by atoms with Crippen LogP contribution in [0, 0.1) is 0 Å². The van der Waals surface area contributed by atoms with Crippen molar-refractivity contribution in [1.82, 2.24) is 0 Å². The first-order chi connectivity index (χ1) is 8.25. The zero-order valence-electron chi connectivity index (χ0n) is 9.23. The van der Waals surface area contributed by atoms with E-state index in [1.807, 2.05) is 0 Å². The van der Waals surface area contributed by atoms with Gasteiger partial charge in [0.1, 0.15) is 0 Å². The number of hydrogen-bond acceptors (Lipinski definition) is 3. The molecule has 1 aliphatic rings. The largest absolute Gasteiger partial charge is 0.364 e. The van der Waals surface area contributed by atoms with Gasteiger partial charge in [0.2, 0.25) is 6.29 Å². The molecule has 1 aromatic carbocycles. The van der Waals surface area contributed by atoms with Gasteiger partial charge in [0.25, 0.3) is 0 Å². The van der Waals surface area contributed by atoms with E-state index in [2.05, 4.69) is 5.16 Å². The maximum atomic E-state index is 5.99. The molecule has 0 aromatic heterocycles. The third kappa shape index (κ3) is 3.87. The van der Waals surface area contributed by atoms with Gasteiger partial charge in [-0.3, -0.25) is 0 Å². The highest BCUT2D eigenvalue weighted by molar-refractivity contribution is 6.36. The van der Waals surface area contributed by atoms with E-state index in [9.17, 15) is 0 Å². The van der Waals surface area contributed by atoms with E-state index in [0.29, 0.717) is 10.0 Å². The summed E-state index contributed by atoms with van der Waals surface area (Å²) in [7, 11) is 0. The fourth-order valence-corrected chi connectivity index (χ4v) is 2.01. The van der Waals surface area contributed by atoms with E-state index in [1.54, 1.807) is 24.4 Å². The zero-order chi connectivity index (χ0) is 12.1. The number of benzene rings is 1. The van der Waals surface area contributed by atoms with Gasteiger partial charge < -0.3 is 9.57 Å². The summed E-state index contributed by atoms with van der Waals surface area (Å²) in [5.41, 5.74) is 0.770. The van der Waals surface area contributed by atoms with E-state index >= 15 is 0 Å². The lowest BCUT2D eigenvalue weighted by atomic mass is 10.2. The number of oxime groups is 1. The van der Waals surface area contributed by atoms with Crippen molar-refractivity contribution >= 4 is 29.4 Å². The van der Waals surface area contributed by atoms with Crippen LogP contribution in [0.25, 0.3) is 0 Å². The first-order valence-electron chi connectivity index (χ1n) is 5.51. The maximum absolute atomic E-state index is 5.99. The van der Waals surface area contributed by atoms with Crippen molar-refractivity contribution in [2.75, 3.05) is 6.61 Å². The first-order valence-corrected chi connectivity index (χ1v) is 6.27. The quantitative estimate of drug-likeness (QED) is 0.618. The summed E-state index contributed by atoms with van der Waals surface area (Å²) >= 11 is 11.8. The Morgan fingerprint density at radius 1 is 1.35 bits per heavy atom. The normalized spacial score (nSPS) is 20.7. The van der Waals surface area contributed by atoms with Gasteiger partial charge in [-0.05, 0) is 25.0 Å². The minimum Gasteiger partial charge on any atom is -0.364 e. The number of halogens is 2. The molecule has 0 N–H and O–H groups in total. The van der Waals surface area contributed by atoms with Crippen LogP contribution in [0.1, 0.15) is 24.8 Å². The summed E-state index contributed by atoms with van der Waals surface area (Å²) < 4.78 is 5.38. The Morgan fingerprint density at radius 2 is 2.24 bits per heavy atom. The Hall–Kier alpha value is -0.770. The first kappa shape index (κ1) is 12.7. The second-order valence-corrected chi connectivity index (χ2v) is 4.65. The van der Waals surface area contributed by atoms with Crippen molar-refractivity contribution in [2.24, 2.45) is 5.16 Å². The highest BCUT2D eigenvalue weighted by Gasteiger charge is 2.14. The van der Waals surface area contributed by atoms with Gasteiger partial charge in [0.15, 0.2) is 0 Å². The zero-order valence-corrected chi connectivity index (χ0v) is 10.7. The lowest BCUT2D eigenvalue weighted by molar-refractivity contribution is -0.161. The van der Waals surface area contributed by atoms with Gasteiger partial charge >= 0.3 is 0 Å². The SMILES string of the molecule is Clc1ccc(/C=N/OC2CCCCO2)c(Cl)c1. The smallest absolute Gasteiger partial charge is 0.226 e. The minimum absolute atomic E-state index is 0.230. The second-order valence-electron chi connectivity index (χ2n) is 3.80. The van der Waals surface area contributed by atoms with Crippen LogP contribution in [-0.2, 0) is 9.57 Å². The Labute approximate surface area is 110 Å². The van der Waals surface area contributed by atoms with Crippen LogP contribution in [0.3, 0.4) is 0 Å². The van der Waals surface area contributed by atoms with Gasteiger partial charge in [-0.1, -0.05) is 34.4 Å². The average Bonchev–Trinajstić information content (AvgIpc) is 2.33. The molecule has 1 heterocycles. The summed E-state index contributed by atoms with van der Waals surface area (Å²) in [6, 6.07) is 5.22. The Morgan fingerprint density at radius 3 is 2.94 bits per heavy atom. The van der Waals surface area contributed by atoms with Crippen LogP contribution < -0.4 is 0 Å². The highest BCUT2D eigenvalue weighted by Crippen LogP contribution is 2.20. The van der Waals surface area contributed by atoms with Crippen LogP contribution in [0.2, 0.25) is 10.0 Å². The molecule has 0 aliphatic carbocycles. The molecule has 1 aliphatic heterocycles. The highest BCUT2D eigenvalue weighted by atomic mass is 35.5. The van der Waals surface area contributed by atoms with Crippen LogP contribution in [0.15, 0.2) is 23.4 Å². The van der Waals surface area contributed by atoms with E-state index < -0.39 is 0 Å². The standard InChI is InChI=1S/C12H13Cl2NO2/c13-10-5-4-9(11(14)7-10)8-15-17-12-3-1-2-6-16-12/h4-5,7-8,12H,1-3,6H2/b15-8+. The van der Waals surface area contributed by atoms with Crippen molar-refractivity contribution < 1.29 is 9.57 Å². The molecule has 1 saturated heterocycles. The summed E-state index contributed by atoms with van der Waals surface area (Å²) in [4.78, 5) is 5.23. The number of hydrogen-bond donors (Lipinski definition) is 0. The Bertz CT molecular complexity index is 403. The van der Waals surface area contributed by atoms with Crippen LogP contribution >= 0.6 is 23.2 Å². The predicted octanol–water partition coefficient (Wildman–Crippen LogP) is 3.87. The maximum Gasteiger partial charge on any atom is 0.226 e. The summed E-state index contributed by atoms with van der Waals surface area (Å²) in [6.07, 6.45) is 4.42. The van der Waals surface area contributed by atoms with Crippen molar-refractivity contribution in [3.63, 3.8) is 0 Å². The third-order valence-corrected chi connectivity index (χ3v) is 3.03. The lowest BCUT2D eigenvalue weighted by Crippen LogP contribution is -2.20. The van der Waals surface area contributed by atoms with E-state index in [0.717, 1.165) is 31.4 Å². The lowest BCUT2D eigenvalue weighted by Gasteiger charge is -2.19. The molecule has 1 fully saturated rings. The molecule has 1 aromatic rings. The summed E-state index contributed by atoms with van der Waals surface area (Å²) in [5.74, 6) is 0. The van der Waals surface area contributed by atoms with Gasteiger partial charge in [-0.2, -0.15) is 0 Å². The van der Waals surface area contributed by atoms with Crippen molar-refractivity contribution in [3.8, 4) is 0 Å². The van der Waals surface area contributed by atoms with Crippen LogP contribution in [0.5, 0.6) is 0 Å². The molecule has 17 heavy (non-hydrogen) atoms. The van der Waals surface area contributed by atoms with E-state index in [1.165, 1.54) is 0 Å². The summed E-state index contributed by atoms with van der Waals surface area (Å²) in [6.45, 7) is 0.738. The van der Waals surface area contributed by atoms with Crippen LogP contribution in [-0.4, -0.2) is 19.1 Å². The fraction of sp³-hybridized carbons (Fsp3) is 0.417. The van der Waals surface area contributed by atoms with Gasteiger partial charge in [0, 0.05) is 17.0 Å². The molecule has 2 rings (SSSR count). The van der Waals surface area contributed by atoms with E-state index in [4.69, 9.17) is 32.8 Å². The average molecular weight is 274 g/mol. The van der Waals surface area contributed by atoms with Crippen LogP contribution in [0.4, 0.5) is 0 Å². The number of nitrogens with zero attached hydrogens (tertiary/aromatic N) is 1. The third-order valence-electron chi connectivity index (χ3n) is 2.47. The Kier molecular flexibility index (Phi) is 4.66. The second kappa shape index (κ2) is 6.24. The molecular formula is C12H13Cl2NO2. The Balaban J connectivity index is 1.90. The molecule has 0 amide bonds. The molecular weight excluding hydrogens is 261 g/mol. The number of ether oxygens (including phenoxy) is 1. The predicted molar refractivity (Wildman–Crippen MR) is 68.7 cm³/mol. The molecule has 1 atom stereocenters. The molecule has 0 saturated carbocycles. The molecule has 92 valence electrons. The minimum atomic E-state index is -0.230. The van der Waals surface area contributed by atoms with Gasteiger partial charge in [0.05, 0.1) is 17.8 Å². The summed E-state index contributed by atoms with van der Waals surface area (Å²) in [5, 5.41) is 5.03. The fourth-order valence-electron chi connectivity index (χ4n) is 1.56. The van der Waals surface area contributed by atoms with Gasteiger partial charge in [-0.25, -0.2) is 0 Å². The molecule has 3 nitrogen and oxygen atoms in total. The molecule has 0 spiro atoms. The molecule has 5 heteroatoms. The van der Waals surface area contributed by atoms with Crippen molar-refractivity contribution in [1.29, 1.82) is 0 Å². The van der Waals surface area contributed by atoms with Crippen molar-refractivity contribution in [3.05, 3.63) is 33.8 Å².